The zero-order chi connectivity index (χ0) is 23.3. The van der Waals surface area contributed by atoms with Crippen LogP contribution in [0.4, 0.5) is 5.69 Å². The van der Waals surface area contributed by atoms with Gasteiger partial charge in [0.1, 0.15) is 17.3 Å². The van der Waals surface area contributed by atoms with Crippen LogP contribution in [0.25, 0.3) is 17.4 Å². The first-order chi connectivity index (χ1) is 15.9. The number of carbonyl (C=O) groups is 3. The van der Waals surface area contributed by atoms with Gasteiger partial charge in [-0.2, -0.15) is 0 Å². The van der Waals surface area contributed by atoms with Gasteiger partial charge in [0, 0.05) is 18.7 Å². The molecule has 0 aliphatic carbocycles. The third-order valence-corrected chi connectivity index (χ3v) is 6.32. The van der Waals surface area contributed by atoms with E-state index in [1.165, 1.54) is 11.9 Å². The second-order valence-electron chi connectivity index (χ2n) is 7.39. The molecule has 0 atom stereocenters. The maximum Gasteiger partial charge on any atom is 0.271 e. The number of amides is 3. The molecule has 9 heteroatoms. The molecule has 2 aliphatic heterocycles. The number of nitrogens with one attached hydrogen (secondary N) is 1. The van der Waals surface area contributed by atoms with E-state index in [0.29, 0.717) is 44.6 Å². The molecule has 3 aromatic rings. The van der Waals surface area contributed by atoms with Crippen LogP contribution < -0.4 is 9.64 Å². The van der Waals surface area contributed by atoms with Crippen LogP contribution in [0.5, 0.6) is 5.75 Å². The number of methoxy groups -OCH3 is 1. The topological polar surface area (TPSA) is 104 Å². The Labute approximate surface area is 192 Å². The van der Waals surface area contributed by atoms with Crippen molar-refractivity contribution in [3.05, 3.63) is 76.4 Å². The molecule has 33 heavy (non-hydrogen) atoms. The van der Waals surface area contributed by atoms with Gasteiger partial charge in [-0.25, -0.2) is 0 Å². The third kappa shape index (κ3) is 3.42. The molecule has 0 saturated carbocycles. The Kier molecular flexibility index (Phi) is 4.90. The number of thioether (sulfide) groups is 1. The van der Waals surface area contributed by atoms with Gasteiger partial charge in [0.05, 0.1) is 28.8 Å². The molecule has 1 N–H and O–H groups in total. The highest BCUT2D eigenvalue weighted by Gasteiger charge is 2.34. The maximum atomic E-state index is 12.9. The third-order valence-electron chi connectivity index (χ3n) is 5.43. The lowest BCUT2D eigenvalue weighted by Crippen LogP contribution is -2.27. The van der Waals surface area contributed by atoms with Gasteiger partial charge >= 0.3 is 0 Å². The first-order valence-corrected chi connectivity index (χ1v) is 10.7. The molecule has 1 fully saturated rings. The number of anilines is 1. The van der Waals surface area contributed by atoms with Crippen LogP contribution in [0, 0.1) is 5.41 Å². The van der Waals surface area contributed by atoms with Crippen molar-refractivity contribution in [3.63, 3.8) is 0 Å². The highest BCUT2D eigenvalue weighted by molar-refractivity contribution is 8.19. The lowest BCUT2D eigenvalue weighted by Gasteiger charge is -2.14. The molecule has 1 aromatic heterocycles. The van der Waals surface area contributed by atoms with E-state index in [1.807, 2.05) is 0 Å². The number of fused-ring (bicyclic) bond motifs is 1. The summed E-state index contributed by atoms with van der Waals surface area (Å²) in [5.41, 5.74) is 1.92. The second-order valence-corrected chi connectivity index (χ2v) is 8.42. The Morgan fingerprint density at radius 3 is 2.39 bits per heavy atom. The van der Waals surface area contributed by atoms with Gasteiger partial charge in [-0.05, 0) is 60.3 Å². The van der Waals surface area contributed by atoms with Crippen LogP contribution in [-0.2, 0) is 4.79 Å². The predicted octanol–water partition coefficient (Wildman–Crippen LogP) is 4.24. The molecule has 1 saturated heterocycles. The van der Waals surface area contributed by atoms with E-state index in [9.17, 15) is 14.4 Å². The summed E-state index contributed by atoms with van der Waals surface area (Å²) >= 11 is 1.05. The average molecular weight is 459 g/mol. The molecule has 0 bridgehead atoms. The number of rotatable bonds is 4. The minimum Gasteiger partial charge on any atom is -0.497 e. The van der Waals surface area contributed by atoms with Crippen molar-refractivity contribution in [2.24, 2.45) is 0 Å². The van der Waals surface area contributed by atoms with Gasteiger partial charge in [0.15, 0.2) is 5.17 Å². The maximum absolute atomic E-state index is 12.9. The highest BCUT2D eigenvalue weighted by atomic mass is 32.2. The van der Waals surface area contributed by atoms with Crippen molar-refractivity contribution in [2.75, 3.05) is 19.1 Å². The minimum atomic E-state index is -0.351. The van der Waals surface area contributed by atoms with Crippen molar-refractivity contribution >= 4 is 46.4 Å². The van der Waals surface area contributed by atoms with E-state index in [1.54, 1.807) is 67.8 Å². The van der Waals surface area contributed by atoms with Crippen LogP contribution >= 0.6 is 11.8 Å². The number of nitrogens with zero attached hydrogens (tertiary/aromatic N) is 2. The first kappa shape index (κ1) is 20.8. The Morgan fingerprint density at radius 2 is 1.67 bits per heavy atom. The molecule has 5 rings (SSSR count). The lowest BCUT2D eigenvalue weighted by atomic mass is 10.0. The van der Waals surface area contributed by atoms with Crippen molar-refractivity contribution in [1.29, 1.82) is 5.41 Å². The smallest absolute Gasteiger partial charge is 0.271 e. The van der Waals surface area contributed by atoms with Crippen LogP contribution in [0.2, 0.25) is 0 Å². The summed E-state index contributed by atoms with van der Waals surface area (Å²) in [4.78, 5) is 40.0. The number of hydrogen-bond acceptors (Lipinski definition) is 7. The van der Waals surface area contributed by atoms with Gasteiger partial charge in [-0.1, -0.05) is 6.07 Å². The zero-order valence-corrected chi connectivity index (χ0v) is 18.4. The Morgan fingerprint density at radius 1 is 0.939 bits per heavy atom. The lowest BCUT2D eigenvalue weighted by molar-refractivity contribution is -0.113. The number of amidine groups is 1. The summed E-state index contributed by atoms with van der Waals surface area (Å²) in [6.07, 6.45) is 1.59. The fraction of sp³-hybridized carbons (Fsp3) is 0.0833. The molecule has 2 aromatic carbocycles. The van der Waals surface area contributed by atoms with E-state index < -0.39 is 0 Å². The number of ether oxygens (including phenoxy) is 1. The van der Waals surface area contributed by atoms with Crippen molar-refractivity contribution in [2.45, 2.75) is 0 Å². The Balaban J connectivity index is 1.40. The van der Waals surface area contributed by atoms with E-state index in [-0.39, 0.29) is 22.9 Å². The summed E-state index contributed by atoms with van der Waals surface area (Å²) in [6, 6.07) is 15.3. The molecule has 8 nitrogen and oxygen atoms in total. The van der Waals surface area contributed by atoms with Gasteiger partial charge in [-0.15, -0.1) is 0 Å². The molecule has 164 valence electrons. The average Bonchev–Trinajstić information content (AvgIpc) is 3.46. The standard InChI is InChI=1S/C24H17N3O5S/c1-26-21(28)17-9-3-13(11-18(17)22(26)29)19-10-8-16(32-19)12-20-23(30)27(24(25)33-20)14-4-6-15(31-2)7-5-14/h3-12,25H,1-2H3/b20-12-,25-24?. The SMILES string of the molecule is COc1ccc(N2C(=N)S/C(=C\c3ccc(-c4ccc5c(c4)C(=O)N(C)C5=O)o3)C2=O)cc1. The van der Waals surface area contributed by atoms with E-state index in [0.717, 1.165) is 16.7 Å². The number of benzene rings is 2. The largest absolute Gasteiger partial charge is 0.497 e. The van der Waals surface area contributed by atoms with Crippen LogP contribution in [0.1, 0.15) is 26.5 Å². The van der Waals surface area contributed by atoms with Crippen LogP contribution in [-0.4, -0.2) is 41.9 Å². The monoisotopic (exact) mass is 459 g/mol. The number of furan rings is 1. The fourth-order valence-corrected chi connectivity index (χ4v) is 4.52. The molecule has 3 amide bonds. The molecular weight excluding hydrogens is 442 g/mol. The predicted molar refractivity (Wildman–Crippen MR) is 124 cm³/mol. The van der Waals surface area contributed by atoms with Gasteiger partial charge in [0.2, 0.25) is 0 Å². The quantitative estimate of drug-likeness (QED) is 0.462. The highest BCUT2D eigenvalue weighted by Crippen LogP contribution is 2.36. The summed E-state index contributed by atoms with van der Waals surface area (Å²) in [6.45, 7) is 0. The Hall–Kier alpha value is -4.11. The van der Waals surface area contributed by atoms with E-state index in [2.05, 4.69) is 0 Å². The number of imide groups is 1. The molecule has 0 unspecified atom stereocenters. The van der Waals surface area contributed by atoms with Gasteiger partial charge in [-0.3, -0.25) is 29.6 Å². The molecule has 3 heterocycles. The second kappa shape index (κ2) is 7.79. The summed E-state index contributed by atoms with van der Waals surface area (Å²) in [7, 11) is 3.01. The van der Waals surface area contributed by atoms with Crippen LogP contribution in [0.3, 0.4) is 0 Å². The zero-order valence-electron chi connectivity index (χ0n) is 17.6. The molecule has 0 spiro atoms. The van der Waals surface area contributed by atoms with Crippen molar-refractivity contribution in [1.82, 2.24) is 4.90 Å². The Bertz CT molecular complexity index is 1370. The summed E-state index contributed by atoms with van der Waals surface area (Å²) in [5, 5.41) is 8.32. The number of carbonyl (C=O) groups excluding carboxylic acids is 3. The molecular formula is C24H17N3O5S. The van der Waals surface area contributed by atoms with Crippen LogP contribution in [0.15, 0.2) is 63.9 Å². The van der Waals surface area contributed by atoms with E-state index in [4.69, 9.17) is 14.6 Å². The molecule has 0 radical (unpaired) electrons. The minimum absolute atomic E-state index is 0.0918. The van der Waals surface area contributed by atoms with E-state index >= 15 is 0 Å². The van der Waals surface area contributed by atoms with Crippen molar-refractivity contribution < 1.29 is 23.5 Å². The first-order valence-electron chi connectivity index (χ1n) is 9.90. The van der Waals surface area contributed by atoms with Gasteiger partial charge < -0.3 is 9.15 Å². The molecule has 2 aliphatic rings. The van der Waals surface area contributed by atoms with Crippen molar-refractivity contribution in [3.8, 4) is 17.1 Å². The number of hydrogen-bond donors (Lipinski definition) is 1. The van der Waals surface area contributed by atoms with Gasteiger partial charge in [0.25, 0.3) is 17.7 Å². The summed E-state index contributed by atoms with van der Waals surface area (Å²) < 4.78 is 11.0. The normalized spacial score (nSPS) is 16.8. The summed E-state index contributed by atoms with van der Waals surface area (Å²) in [5.74, 6) is 0.593. The fourth-order valence-electron chi connectivity index (χ4n) is 3.68.